The monoisotopic (exact) mass is 342 g/mol. The molecule has 4 rings (SSSR count). The number of nitrogens with zero attached hydrogens (tertiary/aromatic N) is 4. The zero-order valence-electron chi connectivity index (χ0n) is 12.9. The minimum Gasteiger partial charge on any atom is -0.497 e. The van der Waals surface area contributed by atoms with E-state index in [9.17, 15) is 4.39 Å². The van der Waals surface area contributed by atoms with Crippen LogP contribution in [0.15, 0.2) is 36.4 Å². The van der Waals surface area contributed by atoms with Crippen LogP contribution in [0.5, 0.6) is 5.75 Å². The average Bonchev–Trinajstić information content (AvgIpc) is 2.92. The van der Waals surface area contributed by atoms with E-state index in [-0.39, 0.29) is 5.52 Å². The van der Waals surface area contributed by atoms with Crippen LogP contribution in [0.2, 0.25) is 5.02 Å². The van der Waals surface area contributed by atoms with Gasteiger partial charge in [0.1, 0.15) is 17.0 Å². The van der Waals surface area contributed by atoms with Crippen molar-refractivity contribution in [1.29, 1.82) is 0 Å². The maximum Gasteiger partial charge on any atom is 0.181 e. The highest BCUT2D eigenvalue weighted by atomic mass is 35.5. The van der Waals surface area contributed by atoms with E-state index in [2.05, 4.69) is 15.3 Å². The molecule has 24 heavy (non-hydrogen) atoms. The van der Waals surface area contributed by atoms with Gasteiger partial charge in [-0.2, -0.15) is 5.10 Å². The summed E-state index contributed by atoms with van der Waals surface area (Å²) in [4.78, 5) is 0. The third kappa shape index (κ3) is 2.11. The predicted octanol–water partition coefficient (Wildman–Crippen LogP) is 3.98. The lowest BCUT2D eigenvalue weighted by molar-refractivity contribution is 0.412. The second kappa shape index (κ2) is 5.42. The van der Waals surface area contributed by atoms with Crippen molar-refractivity contribution in [3.63, 3.8) is 0 Å². The lowest BCUT2D eigenvalue weighted by Gasteiger charge is -2.06. The molecule has 4 aromatic rings. The first kappa shape index (κ1) is 14.8. The molecule has 0 amide bonds. The Morgan fingerprint density at radius 2 is 1.96 bits per heavy atom. The molecule has 5 nitrogen and oxygen atoms in total. The maximum atomic E-state index is 14.3. The molecule has 0 saturated carbocycles. The van der Waals surface area contributed by atoms with Crippen molar-refractivity contribution in [2.45, 2.75) is 0 Å². The number of halogens is 2. The largest absolute Gasteiger partial charge is 0.497 e. The zero-order valence-corrected chi connectivity index (χ0v) is 13.7. The standard InChI is InChI=1S/C17H12ClFN4O/c1-23-17-14(16(22-23)10-5-3-4-6-12(10)18)11-7-9(24-2)8-13(19)15(11)20-21-17/h3-8H,1-2H3. The third-order valence-electron chi connectivity index (χ3n) is 3.93. The fourth-order valence-corrected chi connectivity index (χ4v) is 3.03. The van der Waals surface area contributed by atoms with Crippen LogP contribution in [0, 0.1) is 5.82 Å². The molecule has 0 fully saturated rings. The molecular formula is C17H12ClFN4O. The molecule has 0 spiro atoms. The van der Waals surface area contributed by atoms with Crippen molar-refractivity contribution in [3.05, 3.63) is 47.2 Å². The summed E-state index contributed by atoms with van der Waals surface area (Å²) in [6.45, 7) is 0. The number of aromatic nitrogens is 4. The van der Waals surface area contributed by atoms with Crippen LogP contribution in [0.1, 0.15) is 0 Å². The fraction of sp³-hybridized carbons (Fsp3) is 0.118. The van der Waals surface area contributed by atoms with Gasteiger partial charge < -0.3 is 4.74 Å². The molecule has 2 heterocycles. The molecule has 2 aromatic heterocycles. The van der Waals surface area contributed by atoms with Crippen molar-refractivity contribution in [1.82, 2.24) is 20.0 Å². The molecule has 2 aromatic carbocycles. The lowest BCUT2D eigenvalue weighted by atomic mass is 10.1. The van der Waals surface area contributed by atoms with Gasteiger partial charge in [0.2, 0.25) is 0 Å². The van der Waals surface area contributed by atoms with Gasteiger partial charge in [-0.15, -0.1) is 10.2 Å². The van der Waals surface area contributed by atoms with Gasteiger partial charge in [-0.3, -0.25) is 0 Å². The normalized spacial score (nSPS) is 11.3. The molecule has 0 radical (unpaired) electrons. The number of aryl methyl sites for hydroxylation is 1. The SMILES string of the molecule is COc1cc(F)c2nnc3c(c(-c4ccccc4Cl)nn3C)c2c1. The van der Waals surface area contributed by atoms with Crippen molar-refractivity contribution < 1.29 is 9.13 Å². The van der Waals surface area contributed by atoms with Gasteiger partial charge in [-0.25, -0.2) is 9.07 Å². The van der Waals surface area contributed by atoms with E-state index < -0.39 is 5.82 Å². The Labute approximate surface area is 141 Å². The molecule has 0 bridgehead atoms. The van der Waals surface area contributed by atoms with E-state index >= 15 is 0 Å². The van der Waals surface area contributed by atoms with Gasteiger partial charge in [-0.05, 0) is 12.1 Å². The van der Waals surface area contributed by atoms with E-state index in [0.29, 0.717) is 32.9 Å². The maximum absolute atomic E-state index is 14.3. The lowest BCUT2D eigenvalue weighted by Crippen LogP contribution is -1.96. The summed E-state index contributed by atoms with van der Waals surface area (Å²) in [7, 11) is 3.25. The number of rotatable bonds is 2. The minimum atomic E-state index is -0.493. The highest BCUT2D eigenvalue weighted by Gasteiger charge is 2.19. The summed E-state index contributed by atoms with van der Waals surface area (Å²) >= 11 is 6.33. The van der Waals surface area contributed by atoms with Gasteiger partial charge in [0.15, 0.2) is 11.5 Å². The van der Waals surface area contributed by atoms with Crippen LogP contribution in [0.3, 0.4) is 0 Å². The smallest absolute Gasteiger partial charge is 0.181 e. The molecule has 0 aliphatic carbocycles. The van der Waals surface area contributed by atoms with Crippen LogP contribution >= 0.6 is 11.6 Å². The molecule has 0 atom stereocenters. The van der Waals surface area contributed by atoms with E-state index in [0.717, 1.165) is 5.56 Å². The van der Waals surface area contributed by atoms with Crippen LogP contribution in [-0.4, -0.2) is 27.1 Å². The Morgan fingerprint density at radius 1 is 1.17 bits per heavy atom. The summed E-state index contributed by atoms with van der Waals surface area (Å²) in [5, 5.41) is 14.5. The van der Waals surface area contributed by atoms with E-state index in [1.807, 2.05) is 18.2 Å². The van der Waals surface area contributed by atoms with Gasteiger partial charge >= 0.3 is 0 Å². The number of methoxy groups -OCH3 is 1. The van der Waals surface area contributed by atoms with E-state index in [4.69, 9.17) is 16.3 Å². The second-order valence-electron chi connectivity index (χ2n) is 5.36. The predicted molar refractivity (Wildman–Crippen MR) is 90.8 cm³/mol. The van der Waals surface area contributed by atoms with Gasteiger partial charge in [0.05, 0.1) is 17.5 Å². The Bertz CT molecular complexity index is 1090. The van der Waals surface area contributed by atoms with Gasteiger partial charge in [-0.1, -0.05) is 29.8 Å². The summed E-state index contributed by atoms with van der Waals surface area (Å²) in [6, 6.07) is 10.4. The quantitative estimate of drug-likeness (QED) is 0.553. The molecule has 0 unspecified atom stereocenters. The zero-order chi connectivity index (χ0) is 16.8. The summed E-state index contributed by atoms with van der Waals surface area (Å²) in [5.41, 5.74) is 2.10. The second-order valence-corrected chi connectivity index (χ2v) is 5.76. The van der Waals surface area contributed by atoms with Crippen molar-refractivity contribution >= 4 is 33.5 Å². The van der Waals surface area contributed by atoms with Gasteiger partial charge in [0.25, 0.3) is 0 Å². The van der Waals surface area contributed by atoms with E-state index in [1.165, 1.54) is 13.2 Å². The third-order valence-corrected chi connectivity index (χ3v) is 4.26. The fourth-order valence-electron chi connectivity index (χ4n) is 2.80. The first-order valence-corrected chi connectivity index (χ1v) is 7.59. The Hall–Kier alpha value is -2.73. The van der Waals surface area contributed by atoms with Gasteiger partial charge in [0, 0.05) is 24.1 Å². The first-order valence-electron chi connectivity index (χ1n) is 7.21. The Balaban J connectivity index is 2.19. The molecule has 0 N–H and O–H groups in total. The molecule has 0 saturated heterocycles. The number of ether oxygens (including phenoxy) is 1. The first-order chi connectivity index (χ1) is 11.6. The molecule has 7 heteroatoms. The number of benzene rings is 2. The number of hydrogen-bond donors (Lipinski definition) is 0. The highest BCUT2D eigenvalue weighted by molar-refractivity contribution is 6.33. The molecule has 0 aliphatic rings. The summed E-state index contributed by atoms with van der Waals surface area (Å²) in [6.07, 6.45) is 0. The molecular weight excluding hydrogens is 331 g/mol. The molecule has 0 aliphatic heterocycles. The summed E-state index contributed by atoms with van der Waals surface area (Å²) < 4.78 is 21.1. The highest BCUT2D eigenvalue weighted by Crippen LogP contribution is 2.36. The number of hydrogen-bond acceptors (Lipinski definition) is 4. The average molecular weight is 343 g/mol. The Kier molecular flexibility index (Phi) is 3.35. The topological polar surface area (TPSA) is 52.8 Å². The Morgan fingerprint density at radius 3 is 2.71 bits per heavy atom. The van der Waals surface area contributed by atoms with Crippen LogP contribution in [0.4, 0.5) is 4.39 Å². The minimum absolute atomic E-state index is 0.171. The van der Waals surface area contributed by atoms with Crippen LogP contribution < -0.4 is 4.74 Å². The van der Waals surface area contributed by atoms with Crippen LogP contribution in [-0.2, 0) is 7.05 Å². The van der Waals surface area contributed by atoms with Crippen molar-refractivity contribution in [2.75, 3.05) is 7.11 Å². The van der Waals surface area contributed by atoms with Crippen molar-refractivity contribution in [3.8, 4) is 17.0 Å². The van der Waals surface area contributed by atoms with Crippen LogP contribution in [0.25, 0.3) is 33.2 Å². The van der Waals surface area contributed by atoms with Crippen molar-refractivity contribution in [2.24, 2.45) is 7.05 Å². The number of fused-ring (bicyclic) bond motifs is 3. The van der Waals surface area contributed by atoms with E-state index in [1.54, 1.807) is 23.9 Å². The summed E-state index contributed by atoms with van der Waals surface area (Å²) in [5.74, 6) is -0.0871. The molecule has 120 valence electrons.